The molecule has 0 aliphatic carbocycles. The van der Waals surface area contributed by atoms with Crippen LogP contribution in [0.3, 0.4) is 0 Å². The second-order valence-corrected chi connectivity index (χ2v) is 29.3. The van der Waals surface area contributed by atoms with Crippen LogP contribution in [0.25, 0.3) is 0 Å². The van der Waals surface area contributed by atoms with Crippen LogP contribution in [-0.4, -0.2) is 95.9 Å². The Morgan fingerprint density at radius 1 is 0.267 bits per heavy atom. The van der Waals surface area contributed by atoms with Crippen molar-refractivity contribution in [1.82, 2.24) is 0 Å². The Bertz CT molecular complexity index is 2590. The van der Waals surface area contributed by atoms with Crippen LogP contribution >= 0.6 is 15.6 Å². The first-order chi connectivity index (χ1) is 51.2. The highest BCUT2D eigenvalue weighted by atomic mass is 31.2. The standard InChI is InChI=1S/C87H144O16P2/c1-4-7-10-13-16-19-22-25-28-31-33-35-37-39-40-42-44-45-47-50-52-55-58-61-64-67-70-73-85(90)97-76-82(88)77-99-104(93,94)100-78-83(89)79-101-105(95,96)102-81-84(103-87(92)75-72-69-66-63-60-57-54-49-30-27-24-21-18-15-12-9-6-3)80-98-86(91)74-71-68-65-62-59-56-53-51-48-46-43-41-38-36-34-32-29-26-23-20-17-14-11-8-5-2/h7-12,16-21,25-30,33-36,39-41,43-45,82-84,88-89H,4-6,13-15,22-24,31-32,37-38,42,46-81H2,1-3H3,(H,93,94)(H,95,96)/b10-7-,11-8-,12-9-,19-16-,20-17-,21-18-,28-25-,29-26-,30-27-,35-33-,36-34-,40-39-,43-41-,45-44-. The first kappa shape index (κ1) is 99.9. The molecular weight excluding hydrogens is 1360 g/mol. The van der Waals surface area contributed by atoms with Gasteiger partial charge in [0.25, 0.3) is 0 Å². The van der Waals surface area contributed by atoms with E-state index < -0.39 is 91.5 Å². The van der Waals surface area contributed by atoms with Gasteiger partial charge in [0.05, 0.1) is 26.4 Å². The zero-order valence-electron chi connectivity index (χ0n) is 65.3. The van der Waals surface area contributed by atoms with Crippen LogP contribution in [0, 0.1) is 0 Å². The van der Waals surface area contributed by atoms with E-state index in [1.807, 2.05) is 0 Å². The summed E-state index contributed by atoms with van der Waals surface area (Å²) in [6.45, 7) is 2.32. The molecule has 0 saturated carbocycles. The number of aliphatic hydroxyl groups excluding tert-OH is 2. The van der Waals surface area contributed by atoms with E-state index in [9.17, 15) is 43.5 Å². The highest BCUT2D eigenvalue weighted by Gasteiger charge is 2.29. The highest BCUT2D eigenvalue weighted by molar-refractivity contribution is 7.47. The first-order valence-corrected chi connectivity index (χ1v) is 43.4. The van der Waals surface area contributed by atoms with Crippen molar-refractivity contribution >= 4 is 33.6 Å². The minimum absolute atomic E-state index is 0.0867. The Kier molecular flexibility index (Phi) is 74.7. The summed E-state index contributed by atoms with van der Waals surface area (Å²) in [7, 11) is -9.81. The molecule has 105 heavy (non-hydrogen) atoms. The minimum atomic E-state index is -4.94. The number of unbranched alkanes of at least 4 members (excludes halogenated alkanes) is 24. The number of carbonyl (C=O) groups excluding carboxylic acids is 3. The third kappa shape index (κ3) is 79.8. The quantitative estimate of drug-likeness (QED) is 0.0146. The summed E-state index contributed by atoms with van der Waals surface area (Å²) < 4.78 is 61.2. The highest BCUT2D eigenvalue weighted by Crippen LogP contribution is 2.45. The van der Waals surface area contributed by atoms with Gasteiger partial charge in [0.1, 0.15) is 25.4 Å². The Hall–Kier alpha value is -5.09. The van der Waals surface area contributed by atoms with Crippen molar-refractivity contribution in [1.29, 1.82) is 0 Å². The number of hydrogen-bond acceptors (Lipinski definition) is 14. The third-order valence-corrected chi connectivity index (χ3v) is 18.3. The maximum Gasteiger partial charge on any atom is 0.472 e. The summed E-state index contributed by atoms with van der Waals surface area (Å²) >= 11 is 0. The molecule has 0 aromatic rings. The van der Waals surface area contributed by atoms with Gasteiger partial charge in [0.15, 0.2) is 6.10 Å². The van der Waals surface area contributed by atoms with Crippen LogP contribution < -0.4 is 0 Å². The zero-order chi connectivity index (χ0) is 76.6. The largest absolute Gasteiger partial charge is 0.472 e. The number of phosphoric acid groups is 2. The normalized spacial score (nSPS) is 14.8. The Morgan fingerprint density at radius 3 is 0.752 bits per heavy atom. The lowest BCUT2D eigenvalue weighted by atomic mass is 10.1. The molecule has 0 aliphatic heterocycles. The second kappa shape index (κ2) is 78.5. The van der Waals surface area contributed by atoms with Gasteiger partial charge in [-0.05, 0) is 148 Å². The van der Waals surface area contributed by atoms with Gasteiger partial charge in [-0.15, -0.1) is 0 Å². The summed E-state index contributed by atoms with van der Waals surface area (Å²) in [6, 6.07) is 0. The third-order valence-electron chi connectivity index (χ3n) is 16.4. The van der Waals surface area contributed by atoms with Crippen LogP contribution in [0.4, 0.5) is 0 Å². The predicted molar refractivity (Wildman–Crippen MR) is 435 cm³/mol. The fraction of sp³-hybridized carbons (Fsp3) is 0.644. The van der Waals surface area contributed by atoms with Crippen molar-refractivity contribution in [2.24, 2.45) is 0 Å². The average Bonchev–Trinajstić information content (AvgIpc) is 0.911. The van der Waals surface area contributed by atoms with E-state index >= 15 is 0 Å². The van der Waals surface area contributed by atoms with E-state index in [0.717, 1.165) is 199 Å². The van der Waals surface area contributed by atoms with Crippen molar-refractivity contribution in [2.45, 2.75) is 322 Å². The van der Waals surface area contributed by atoms with Crippen LogP contribution in [0.2, 0.25) is 0 Å². The number of phosphoric ester groups is 2. The van der Waals surface area contributed by atoms with Crippen LogP contribution in [0.15, 0.2) is 170 Å². The van der Waals surface area contributed by atoms with E-state index in [2.05, 4.69) is 191 Å². The Morgan fingerprint density at radius 2 is 0.476 bits per heavy atom. The van der Waals surface area contributed by atoms with E-state index in [1.165, 1.54) is 44.9 Å². The maximum absolute atomic E-state index is 13.0. The van der Waals surface area contributed by atoms with Gasteiger partial charge in [0, 0.05) is 19.3 Å². The van der Waals surface area contributed by atoms with Crippen LogP contribution in [0.1, 0.15) is 303 Å². The fourth-order valence-corrected chi connectivity index (χ4v) is 12.0. The number of aliphatic hydroxyl groups is 2. The van der Waals surface area contributed by atoms with E-state index in [0.29, 0.717) is 19.3 Å². The lowest BCUT2D eigenvalue weighted by Gasteiger charge is -2.21. The molecule has 0 aliphatic rings. The van der Waals surface area contributed by atoms with E-state index in [4.69, 9.17) is 32.3 Å². The predicted octanol–water partition coefficient (Wildman–Crippen LogP) is 24.0. The summed E-state index contributed by atoms with van der Waals surface area (Å²) in [5.41, 5.74) is 0. The van der Waals surface area contributed by atoms with Gasteiger partial charge in [-0.2, -0.15) is 0 Å². The summed E-state index contributed by atoms with van der Waals surface area (Å²) in [5.74, 6) is -1.60. The molecule has 0 aromatic carbocycles. The SMILES string of the molecule is CC/C=C\C/C=C\C/C=C\C/C=C\C/C=C\C/C=C\CCCCCCCCCCC(=O)OCC(O)COP(=O)(O)OCC(O)COP(=O)(O)OCC(COC(=O)CCCCCCCCCCC/C=C\C/C=C\C/C=C\C/C=C\C/C=C\CC)OC(=O)CCCCCCCCC/C=C\C/C=C\C/C=C\CC. The van der Waals surface area contributed by atoms with E-state index in [-0.39, 0.29) is 19.3 Å². The molecule has 0 amide bonds. The molecule has 5 unspecified atom stereocenters. The molecule has 16 nitrogen and oxygen atoms in total. The molecule has 0 aromatic heterocycles. The first-order valence-electron chi connectivity index (χ1n) is 40.4. The molecule has 0 spiro atoms. The average molecular weight is 1510 g/mol. The van der Waals surface area contributed by atoms with Gasteiger partial charge < -0.3 is 34.2 Å². The number of ether oxygens (including phenoxy) is 3. The molecule has 5 atom stereocenters. The van der Waals surface area contributed by atoms with Gasteiger partial charge in [-0.25, -0.2) is 9.13 Å². The van der Waals surface area contributed by atoms with Crippen molar-refractivity contribution < 1.29 is 75.8 Å². The van der Waals surface area contributed by atoms with Crippen molar-refractivity contribution in [3.63, 3.8) is 0 Å². The van der Waals surface area contributed by atoms with Gasteiger partial charge in [-0.3, -0.25) is 32.5 Å². The van der Waals surface area contributed by atoms with Crippen LogP contribution in [0.5, 0.6) is 0 Å². The van der Waals surface area contributed by atoms with Crippen molar-refractivity contribution in [2.75, 3.05) is 39.6 Å². The summed E-state index contributed by atoms with van der Waals surface area (Å²) in [6.07, 6.45) is 99.6. The monoisotopic (exact) mass is 1510 g/mol. The molecule has 0 rings (SSSR count). The Labute approximate surface area is 637 Å². The molecule has 0 saturated heterocycles. The molecule has 0 radical (unpaired) electrons. The lowest BCUT2D eigenvalue weighted by Crippen LogP contribution is -2.30. The number of carbonyl (C=O) groups is 3. The molecule has 4 N–H and O–H groups in total. The summed E-state index contributed by atoms with van der Waals surface area (Å²) in [5, 5.41) is 20.7. The van der Waals surface area contributed by atoms with Crippen molar-refractivity contribution in [3.05, 3.63) is 170 Å². The maximum atomic E-state index is 13.0. The van der Waals surface area contributed by atoms with Gasteiger partial charge >= 0.3 is 33.6 Å². The Balaban J connectivity index is 4.64. The van der Waals surface area contributed by atoms with Gasteiger partial charge in [-0.1, -0.05) is 306 Å². The molecule has 18 heteroatoms. The number of allylic oxidation sites excluding steroid dienone is 28. The minimum Gasteiger partial charge on any atom is -0.463 e. The molecule has 598 valence electrons. The smallest absolute Gasteiger partial charge is 0.463 e. The number of esters is 3. The second-order valence-electron chi connectivity index (χ2n) is 26.4. The number of hydrogen-bond donors (Lipinski definition) is 4. The topological polar surface area (TPSA) is 231 Å². The van der Waals surface area contributed by atoms with Crippen molar-refractivity contribution in [3.8, 4) is 0 Å². The van der Waals surface area contributed by atoms with Crippen LogP contribution in [-0.2, 0) is 55.8 Å². The molecule has 0 fully saturated rings. The summed E-state index contributed by atoms with van der Waals surface area (Å²) in [4.78, 5) is 58.8. The number of rotatable bonds is 75. The fourth-order valence-electron chi connectivity index (χ4n) is 10.4. The van der Waals surface area contributed by atoms with Gasteiger partial charge in [0.2, 0.25) is 0 Å². The molecule has 0 bridgehead atoms. The molecular formula is C87H144O16P2. The zero-order valence-corrected chi connectivity index (χ0v) is 67.1. The van der Waals surface area contributed by atoms with E-state index in [1.54, 1.807) is 0 Å². The molecule has 0 heterocycles. The lowest BCUT2D eigenvalue weighted by molar-refractivity contribution is -0.161.